The Labute approximate surface area is 289 Å². The van der Waals surface area contributed by atoms with Gasteiger partial charge in [0.2, 0.25) is 15.8 Å². The van der Waals surface area contributed by atoms with Gasteiger partial charge in [0.15, 0.2) is 0 Å². The number of nitrogens with zero attached hydrogens (tertiary/aromatic N) is 5. The van der Waals surface area contributed by atoms with Crippen molar-refractivity contribution in [3.8, 4) is 11.5 Å². The first-order chi connectivity index (χ1) is 23.3. The zero-order valence-electron chi connectivity index (χ0n) is 29.2. The van der Waals surface area contributed by atoms with Crippen molar-refractivity contribution in [2.45, 2.75) is 91.3 Å². The lowest BCUT2D eigenvalue weighted by Gasteiger charge is -2.54. The van der Waals surface area contributed by atoms with Crippen LogP contribution in [0, 0.1) is 17.2 Å². The van der Waals surface area contributed by atoms with Crippen LogP contribution in [0.25, 0.3) is 0 Å². The van der Waals surface area contributed by atoms with E-state index in [1.54, 1.807) is 28.9 Å². The van der Waals surface area contributed by atoms with Crippen molar-refractivity contribution >= 4 is 27.7 Å². The third kappa shape index (κ3) is 9.26. The molecule has 12 nitrogen and oxygen atoms in total. The molecule has 1 N–H and O–H groups in total. The Kier molecular flexibility index (Phi) is 11.8. The minimum Gasteiger partial charge on any atom is -0.550 e. The number of ether oxygens (including phenoxy) is 1. The Morgan fingerprint density at radius 2 is 1.84 bits per heavy atom. The van der Waals surface area contributed by atoms with Gasteiger partial charge in [-0.2, -0.15) is 0 Å². The smallest absolute Gasteiger partial charge is 0.289 e. The Bertz CT molecular complexity index is 1580. The Morgan fingerprint density at radius 3 is 2.45 bits per heavy atom. The lowest BCUT2D eigenvalue weighted by molar-refractivity contribution is -0.699. The van der Waals surface area contributed by atoms with Gasteiger partial charge >= 0.3 is 0 Å². The van der Waals surface area contributed by atoms with Crippen LogP contribution < -0.4 is 24.0 Å². The van der Waals surface area contributed by atoms with Gasteiger partial charge < -0.3 is 29.3 Å². The van der Waals surface area contributed by atoms with Crippen molar-refractivity contribution in [3.63, 3.8) is 0 Å². The molecule has 0 radical (unpaired) electrons. The first-order valence-corrected chi connectivity index (χ1v) is 19.3. The van der Waals surface area contributed by atoms with Crippen LogP contribution >= 0.6 is 0 Å². The molecule has 2 saturated heterocycles. The number of likely N-dealkylation sites (tertiary alicyclic amines) is 1. The second-order valence-electron chi connectivity index (χ2n) is 14.2. The van der Waals surface area contributed by atoms with Crippen molar-refractivity contribution in [2.24, 2.45) is 11.3 Å². The maximum Gasteiger partial charge on any atom is 0.289 e. The summed E-state index contributed by atoms with van der Waals surface area (Å²) in [6, 6.07) is 3.85. The number of nitrogens with one attached hydrogen (secondary N) is 1. The van der Waals surface area contributed by atoms with Gasteiger partial charge in [0.25, 0.3) is 18.1 Å². The molecule has 1 spiro atoms. The predicted octanol–water partition coefficient (Wildman–Crippen LogP) is 2.71. The molecule has 1 amide bonds. The molecule has 5 rings (SSSR count). The summed E-state index contributed by atoms with van der Waals surface area (Å²) < 4.78 is 49.2. The SMILES string of the molecule is CCN(C(=O)c1cc(F)ccc1Oc1c[n+](CCC(=O)[O-])cnc1N1CC2(CCN(CC3CCC(NS(=O)(=O)CC)CC3)CC2)C1)C(C)C. The molecular formula is C35H51FN6O6S. The molecule has 1 aromatic heterocycles. The standard InChI is InChI=1S/C35H51FN6O6S/c1-5-42(25(3)4)34(45)29-19-27(36)9-12-30(29)48-31-21-40(16-13-32(43)44)24-37-33(31)41-22-35(23-41)14-17-39(18-15-35)20-26-7-10-28(11-8-26)38-49(46,47)6-2/h9,12,19,21,24-26,28,38H,5-8,10-11,13-18,20,22-23H2,1-4H3. The van der Waals surface area contributed by atoms with Gasteiger partial charge in [-0.3, -0.25) is 4.79 Å². The Balaban J connectivity index is 1.24. The number of aliphatic carboxylic acids is 1. The fourth-order valence-corrected chi connectivity index (χ4v) is 8.38. The quantitative estimate of drug-likeness (QED) is 0.295. The zero-order valence-corrected chi connectivity index (χ0v) is 30.0. The van der Waals surface area contributed by atoms with Crippen LogP contribution in [-0.2, 0) is 21.4 Å². The normalized spacial score (nSPS) is 21.1. The second kappa shape index (κ2) is 15.7. The monoisotopic (exact) mass is 702 g/mol. The van der Waals surface area contributed by atoms with Crippen molar-refractivity contribution in [1.29, 1.82) is 0 Å². The average Bonchev–Trinajstić information content (AvgIpc) is 3.05. The summed E-state index contributed by atoms with van der Waals surface area (Å²) >= 11 is 0. The number of rotatable bonds is 14. The van der Waals surface area contributed by atoms with E-state index >= 15 is 0 Å². The second-order valence-corrected chi connectivity index (χ2v) is 16.3. The summed E-state index contributed by atoms with van der Waals surface area (Å²) in [5.74, 6) is -0.218. The van der Waals surface area contributed by atoms with E-state index < -0.39 is 21.8 Å². The van der Waals surface area contributed by atoms with Crippen molar-refractivity contribution in [3.05, 3.63) is 42.1 Å². The third-order valence-corrected chi connectivity index (χ3v) is 11.8. The summed E-state index contributed by atoms with van der Waals surface area (Å²) in [7, 11) is -3.17. The van der Waals surface area contributed by atoms with E-state index in [4.69, 9.17) is 4.74 Å². The molecule has 2 aliphatic heterocycles. The summed E-state index contributed by atoms with van der Waals surface area (Å²) in [5, 5.41) is 11.2. The number of carboxylic acid groups (broad SMARTS) is 1. The number of benzene rings is 1. The maximum atomic E-state index is 14.4. The molecule has 0 unspecified atom stereocenters. The highest BCUT2D eigenvalue weighted by Crippen LogP contribution is 2.45. The molecule has 0 atom stereocenters. The van der Waals surface area contributed by atoms with E-state index in [1.807, 2.05) is 20.8 Å². The first-order valence-electron chi connectivity index (χ1n) is 17.6. The number of sulfonamides is 1. The van der Waals surface area contributed by atoms with Gasteiger partial charge in [-0.1, -0.05) is 0 Å². The predicted molar refractivity (Wildman–Crippen MR) is 181 cm³/mol. The molecule has 3 aliphatic rings. The summed E-state index contributed by atoms with van der Waals surface area (Å²) in [6.45, 7) is 12.6. The number of amides is 1. The first kappa shape index (κ1) is 36.9. The number of carboxylic acids is 1. The van der Waals surface area contributed by atoms with Crippen LogP contribution in [-0.4, -0.2) is 92.2 Å². The van der Waals surface area contributed by atoms with E-state index in [2.05, 4.69) is 19.5 Å². The van der Waals surface area contributed by atoms with Crippen LogP contribution in [0.3, 0.4) is 0 Å². The molecule has 1 aromatic carbocycles. The van der Waals surface area contributed by atoms with Gasteiger partial charge in [0.1, 0.15) is 17.8 Å². The number of carbonyl (C=O) groups excluding carboxylic acids is 2. The molecule has 1 aliphatic carbocycles. The molecule has 3 heterocycles. The molecular weight excluding hydrogens is 651 g/mol. The van der Waals surface area contributed by atoms with Crippen molar-refractivity contribution < 1.29 is 36.8 Å². The zero-order chi connectivity index (χ0) is 35.3. The number of piperidine rings is 1. The summed E-state index contributed by atoms with van der Waals surface area (Å²) in [6.07, 6.45) is 9.02. The lowest BCUT2D eigenvalue weighted by atomic mass is 9.71. The van der Waals surface area contributed by atoms with E-state index in [0.29, 0.717) is 24.0 Å². The molecule has 2 aromatic rings. The number of aryl methyl sites for hydroxylation is 1. The highest BCUT2D eigenvalue weighted by molar-refractivity contribution is 7.89. The summed E-state index contributed by atoms with van der Waals surface area (Å²) in [5.41, 5.74) is 0.261. The highest BCUT2D eigenvalue weighted by Gasteiger charge is 2.47. The number of hydrogen-bond donors (Lipinski definition) is 1. The van der Waals surface area contributed by atoms with Gasteiger partial charge in [0, 0.05) is 56.1 Å². The van der Waals surface area contributed by atoms with Crippen LogP contribution in [0.5, 0.6) is 11.5 Å². The van der Waals surface area contributed by atoms with Crippen LogP contribution in [0.2, 0.25) is 0 Å². The molecule has 1 saturated carbocycles. The van der Waals surface area contributed by atoms with Gasteiger partial charge in [0.05, 0.1) is 17.9 Å². The Hall–Kier alpha value is -3.36. The van der Waals surface area contributed by atoms with Crippen LogP contribution in [0.15, 0.2) is 30.7 Å². The number of aromatic nitrogens is 2. The van der Waals surface area contributed by atoms with Crippen LogP contribution in [0.4, 0.5) is 10.2 Å². The highest BCUT2D eigenvalue weighted by atomic mass is 32.2. The minimum atomic E-state index is -3.17. The van der Waals surface area contributed by atoms with E-state index in [9.17, 15) is 27.5 Å². The molecule has 49 heavy (non-hydrogen) atoms. The number of carbonyl (C=O) groups is 2. The number of hydrogen-bond acceptors (Lipinski definition) is 9. The summed E-state index contributed by atoms with van der Waals surface area (Å²) in [4.78, 5) is 35.7. The molecule has 3 fully saturated rings. The Morgan fingerprint density at radius 1 is 1.14 bits per heavy atom. The fraction of sp³-hybridized carbons (Fsp3) is 0.657. The number of anilines is 1. The van der Waals surface area contributed by atoms with E-state index in [-0.39, 0.29) is 53.4 Å². The van der Waals surface area contributed by atoms with Crippen molar-refractivity contribution in [2.75, 3.05) is 49.9 Å². The number of halogens is 1. The topological polar surface area (TPSA) is 139 Å². The van der Waals surface area contributed by atoms with Gasteiger partial charge in [-0.05, 0) is 108 Å². The van der Waals surface area contributed by atoms with Gasteiger partial charge in [-0.15, -0.1) is 0 Å². The van der Waals surface area contributed by atoms with E-state index in [1.165, 1.54) is 18.2 Å². The maximum absolute atomic E-state index is 14.4. The van der Waals surface area contributed by atoms with Crippen LogP contribution in [0.1, 0.15) is 83.0 Å². The minimum absolute atomic E-state index is 0.0529. The van der Waals surface area contributed by atoms with Gasteiger partial charge in [-0.25, -0.2) is 22.1 Å². The van der Waals surface area contributed by atoms with Crippen molar-refractivity contribution in [1.82, 2.24) is 19.5 Å². The largest absolute Gasteiger partial charge is 0.550 e. The van der Waals surface area contributed by atoms with E-state index in [0.717, 1.165) is 71.2 Å². The average molecular weight is 703 g/mol. The molecule has 0 bridgehead atoms. The molecule has 270 valence electrons. The fourth-order valence-electron chi connectivity index (χ4n) is 7.47. The molecule has 14 heteroatoms. The third-order valence-electron chi connectivity index (χ3n) is 10.4. The lowest BCUT2D eigenvalue weighted by Crippen LogP contribution is -2.61.